The number of quaternary nitrogens is 1. The number of nitrogens with one attached hydrogen (secondary N) is 1. The highest BCUT2D eigenvalue weighted by atomic mass is 16.4. The summed E-state index contributed by atoms with van der Waals surface area (Å²) in [5.41, 5.74) is 3.63. The maximum absolute atomic E-state index is 9.81. The summed E-state index contributed by atoms with van der Waals surface area (Å²) < 4.78 is 0. The summed E-state index contributed by atoms with van der Waals surface area (Å²) in [6, 6.07) is 22.0. The molecule has 26 heavy (non-hydrogen) atoms. The molecule has 1 aliphatic heterocycles. The van der Waals surface area contributed by atoms with Crippen LogP contribution in [0, 0.1) is 5.92 Å². The van der Waals surface area contributed by atoms with E-state index in [4.69, 9.17) is 0 Å². The summed E-state index contributed by atoms with van der Waals surface area (Å²) in [5.74, 6) is 0.300. The fraction of sp³-hybridized carbons (Fsp3) is 0.435. The van der Waals surface area contributed by atoms with E-state index in [-0.39, 0.29) is 0 Å². The molecule has 0 amide bonds. The van der Waals surface area contributed by atoms with E-state index >= 15 is 0 Å². The van der Waals surface area contributed by atoms with Crippen LogP contribution in [0.15, 0.2) is 65.8 Å². The molecule has 2 aromatic rings. The third-order valence-electron chi connectivity index (χ3n) is 5.89. The van der Waals surface area contributed by atoms with Gasteiger partial charge in [0.1, 0.15) is 12.1 Å². The molecule has 3 nitrogen and oxygen atoms in total. The summed E-state index contributed by atoms with van der Waals surface area (Å²) in [7, 11) is 2.30. The standard InChI is InChI=1S/C23H30N2O/c1-3-4-7-16-20-21(24-26)17-22(18-12-8-5-9-13-18)25(2)23(20)19-14-10-6-11-15-19/h5-6,8-15,20,22-23,26H,3-4,7,16-17H2,1-2H3/p+1/b24-21+/t20-,22-,23-/m0/s1. The Hall–Kier alpha value is -2.13. The van der Waals surface area contributed by atoms with Gasteiger partial charge in [-0.1, -0.05) is 92.0 Å². The Labute approximate surface area is 157 Å². The second kappa shape index (κ2) is 9.00. The maximum Gasteiger partial charge on any atom is 0.122 e. The minimum absolute atomic E-state index is 0.300. The first-order chi connectivity index (χ1) is 12.8. The van der Waals surface area contributed by atoms with E-state index in [2.05, 4.69) is 79.8 Å². The molecule has 1 fully saturated rings. The smallest absolute Gasteiger partial charge is 0.122 e. The summed E-state index contributed by atoms with van der Waals surface area (Å²) in [6.45, 7) is 2.24. The largest absolute Gasteiger partial charge is 0.411 e. The average Bonchev–Trinajstić information content (AvgIpc) is 2.70. The van der Waals surface area contributed by atoms with Gasteiger partial charge in [0.25, 0.3) is 0 Å². The Kier molecular flexibility index (Phi) is 6.45. The zero-order valence-electron chi connectivity index (χ0n) is 15.9. The number of oxime groups is 1. The molecule has 0 saturated carbocycles. The second-order valence-corrected chi connectivity index (χ2v) is 7.49. The summed E-state index contributed by atoms with van der Waals surface area (Å²) in [5, 5.41) is 13.6. The highest BCUT2D eigenvalue weighted by Crippen LogP contribution is 2.34. The van der Waals surface area contributed by atoms with E-state index in [1.165, 1.54) is 35.3 Å². The average molecular weight is 352 g/mol. The second-order valence-electron chi connectivity index (χ2n) is 7.49. The van der Waals surface area contributed by atoms with Gasteiger partial charge >= 0.3 is 0 Å². The van der Waals surface area contributed by atoms with E-state index in [0.29, 0.717) is 18.0 Å². The lowest BCUT2D eigenvalue weighted by Crippen LogP contribution is -3.11. The Bertz CT molecular complexity index is 699. The fourth-order valence-corrected chi connectivity index (χ4v) is 4.53. The van der Waals surface area contributed by atoms with Gasteiger partial charge in [0.2, 0.25) is 0 Å². The van der Waals surface area contributed by atoms with Gasteiger partial charge < -0.3 is 10.1 Å². The predicted octanol–water partition coefficient (Wildman–Crippen LogP) is 4.41. The number of likely N-dealkylation sites (tertiary alicyclic amines) is 1. The maximum atomic E-state index is 9.81. The van der Waals surface area contributed by atoms with Crippen molar-refractivity contribution in [3.63, 3.8) is 0 Å². The van der Waals surface area contributed by atoms with Crippen LogP contribution in [0.25, 0.3) is 0 Å². The van der Waals surface area contributed by atoms with Crippen LogP contribution < -0.4 is 4.90 Å². The van der Waals surface area contributed by atoms with Gasteiger partial charge in [-0.05, 0) is 6.42 Å². The Balaban J connectivity index is 1.97. The molecular weight excluding hydrogens is 320 g/mol. The van der Waals surface area contributed by atoms with Crippen LogP contribution in [0.5, 0.6) is 0 Å². The molecule has 1 unspecified atom stereocenters. The molecule has 0 aliphatic carbocycles. The van der Waals surface area contributed by atoms with Crippen LogP contribution in [-0.2, 0) is 0 Å². The predicted molar refractivity (Wildman–Crippen MR) is 107 cm³/mol. The van der Waals surface area contributed by atoms with Gasteiger partial charge in [0, 0.05) is 17.5 Å². The molecule has 1 heterocycles. The van der Waals surface area contributed by atoms with Gasteiger partial charge in [-0.25, -0.2) is 0 Å². The monoisotopic (exact) mass is 351 g/mol. The zero-order valence-corrected chi connectivity index (χ0v) is 15.9. The van der Waals surface area contributed by atoms with Crippen LogP contribution in [-0.4, -0.2) is 18.0 Å². The van der Waals surface area contributed by atoms with Gasteiger partial charge in [-0.15, -0.1) is 0 Å². The van der Waals surface area contributed by atoms with Crippen LogP contribution in [0.2, 0.25) is 0 Å². The molecule has 1 saturated heterocycles. The van der Waals surface area contributed by atoms with Crippen molar-refractivity contribution in [1.29, 1.82) is 0 Å². The lowest BCUT2D eigenvalue weighted by molar-refractivity contribution is -0.949. The zero-order chi connectivity index (χ0) is 18.4. The summed E-state index contributed by atoms with van der Waals surface area (Å²) in [4.78, 5) is 1.50. The van der Waals surface area contributed by atoms with E-state index < -0.39 is 0 Å². The van der Waals surface area contributed by atoms with Crippen LogP contribution in [0.1, 0.15) is 62.2 Å². The molecule has 0 bridgehead atoms. The van der Waals surface area contributed by atoms with Gasteiger partial charge in [-0.3, -0.25) is 0 Å². The lowest BCUT2D eigenvalue weighted by atomic mass is 9.76. The van der Waals surface area contributed by atoms with Crippen molar-refractivity contribution < 1.29 is 10.1 Å². The molecule has 3 rings (SSSR count). The van der Waals surface area contributed by atoms with E-state index in [1.807, 2.05) is 0 Å². The quantitative estimate of drug-likeness (QED) is 0.451. The highest BCUT2D eigenvalue weighted by molar-refractivity contribution is 5.88. The normalized spacial score (nSPS) is 27.5. The minimum Gasteiger partial charge on any atom is -0.411 e. The molecule has 3 heteroatoms. The van der Waals surface area contributed by atoms with Crippen molar-refractivity contribution in [2.24, 2.45) is 11.1 Å². The molecule has 0 spiro atoms. The van der Waals surface area contributed by atoms with Gasteiger partial charge in [0.15, 0.2) is 0 Å². The molecule has 4 atom stereocenters. The first-order valence-corrected chi connectivity index (χ1v) is 9.90. The Morgan fingerprint density at radius 1 is 0.962 bits per heavy atom. The third kappa shape index (κ3) is 3.99. The number of benzene rings is 2. The van der Waals surface area contributed by atoms with Crippen LogP contribution in [0.4, 0.5) is 0 Å². The van der Waals surface area contributed by atoms with Gasteiger partial charge in [0.05, 0.1) is 18.7 Å². The van der Waals surface area contributed by atoms with E-state index in [1.54, 1.807) is 0 Å². The van der Waals surface area contributed by atoms with Gasteiger partial charge in [-0.2, -0.15) is 0 Å². The first-order valence-electron chi connectivity index (χ1n) is 9.90. The van der Waals surface area contributed by atoms with Crippen molar-refractivity contribution in [3.05, 3.63) is 71.8 Å². The summed E-state index contributed by atoms with van der Waals surface area (Å²) in [6.07, 6.45) is 5.55. The molecule has 2 N–H and O–H groups in total. The number of unbranched alkanes of at least 4 members (excludes halogenated alkanes) is 2. The van der Waals surface area contributed by atoms with Crippen molar-refractivity contribution in [3.8, 4) is 0 Å². The summed E-state index contributed by atoms with van der Waals surface area (Å²) >= 11 is 0. The molecule has 1 aliphatic rings. The Morgan fingerprint density at radius 2 is 1.58 bits per heavy atom. The topological polar surface area (TPSA) is 37.0 Å². The van der Waals surface area contributed by atoms with Crippen molar-refractivity contribution in [1.82, 2.24) is 0 Å². The fourth-order valence-electron chi connectivity index (χ4n) is 4.53. The molecule has 0 aromatic heterocycles. The van der Waals surface area contributed by atoms with E-state index in [0.717, 1.165) is 18.6 Å². The number of nitrogens with zero attached hydrogens (tertiary/aromatic N) is 1. The first kappa shape index (κ1) is 18.7. The van der Waals surface area contributed by atoms with Crippen LogP contribution >= 0.6 is 0 Å². The molecule has 2 aromatic carbocycles. The number of hydrogen-bond donors (Lipinski definition) is 2. The highest BCUT2D eigenvalue weighted by Gasteiger charge is 2.44. The third-order valence-corrected chi connectivity index (χ3v) is 5.89. The SMILES string of the molecule is CCCCC[C@H]1/C(=N/O)C[C@@H](c2ccccc2)[NH+](C)[C@H]1c1ccccc1. The molecular formula is C23H31N2O+. The van der Waals surface area contributed by atoms with Crippen LogP contribution in [0.3, 0.4) is 0 Å². The van der Waals surface area contributed by atoms with Crippen molar-refractivity contribution >= 4 is 5.71 Å². The number of rotatable bonds is 6. The number of piperidine rings is 1. The number of hydrogen-bond acceptors (Lipinski definition) is 2. The van der Waals surface area contributed by atoms with Crippen molar-refractivity contribution in [2.45, 2.75) is 51.1 Å². The van der Waals surface area contributed by atoms with E-state index in [9.17, 15) is 5.21 Å². The minimum atomic E-state index is 0.300. The molecule has 138 valence electrons. The Morgan fingerprint density at radius 3 is 2.15 bits per heavy atom. The molecule has 0 radical (unpaired) electrons. The van der Waals surface area contributed by atoms with Crippen molar-refractivity contribution in [2.75, 3.05) is 7.05 Å². The lowest BCUT2D eigenvalue weighted by Gasteiger charge is -2.42.